The number of halogens is 2. The van der Waals surface area contributed by atoms with Crippen LogP contribution in [0.3, 0.4) is 0 Å². The number of benzene rings is 2. The smallest absolute Gasteiger partial charge is 0.149 e. The second-order valence-corrected chi connectivity index (χ2v) is 5.02. The number of fused-ring (bicyclic) bond motifs is 1. The average molecular weight is 291 g/mol. The van der Waals surface area contributed by atoms with Crippen molar-refractivity contribution in [2.75, 3.05) is 11.9 Å². The van der Waals surface area contributed by atoms with Crippen LogP contribution in [0.15, 0.2) is 30.3 Å². The third-order valence-corrected chi connectivity index (χ3v) is 3.51. The summed E-state index contributed by atoms with van der Waals surface area (Å²) in [5.41, 5.74) is 1.78. The number of ether oxygens (including phenoxy) is 1. The highest BCUT2D eigenvalue weighted by Crippen LogP contribution is 2.32. The molecule has 0 spiro atoms. The van der Waals surface area contributed by atoms with Gasteiger partial charge in [0.05, 0.1) is 12.3 Å². The molecule has 2 aromatic rings. The predicted molar refractivity (Wildman–Crippen MR) is 75.6 cm³/mol. The lowest BCUT2D eigenvalue weighted by molar-refractivity contribution is 0.287. The van der Waals surface area contributed by atoms with Crippen molar-refractivity contribution in [3.05, 3.63) is 53.1 Å². The second-order valence-electron chi connectivity index (χ2n) is 5.02. The molecule has 1 heterocycles. The van der Waals surface area contributed by atoms with E-state index in [9.17, 15) is 13.9 Å². The first-order valence-electron chi connectivity index (χ1n) is 6.80. The molecule has 0 saturated heterocycles. The summed E-state index contributed by atoms with van der Waals surface area (Å²) in [7, 11) is 0. The van der Waals surface area contributed by atoms with Crippen LogP contribution in [0.25, 0.3) is 0 Å². The van der Waals surface area contributed by atoms with E-state index in [4.69, 9.17) is 4.74 Å². The van der Waals surface area contributed by atoms with Gasteiger partial charge in [0.2, 0.25) is 0 Å². The first-order valence-corrected chi connectivity index (χ1v) is 6.80. The minimum Gasteiger partial charge on any atom is -0.508 e. The Kier molecular flexibility index (Phi) is 3.64. The fraction of sp³-hybridized carbons (Fsp3) is 0.250. The summed E-state index contributed by atoms with van der Waals surface area (Å²) in [5.74, 6) is -0.378. The van der Waals surface area contributed by atoms with Gasteiger partial charge in [0.1, 0.15) is 23.1 Å². The summed E-state index contributed by atoms with van der Waals surface area (Å²) >= 11 is 0. The Balaban J connectivity index is 1.78. The van der Waals surface area contributed by atoms with E-state index in [2.05, 4.69) is 5.32 Å². The van der Waals surface area contributed by atoms with E-state index in [1.165, 1.54) is 12.1 Å². The van der Waals surface area contributed by atoms with Crippen LogP contribution in [0.2, 0.25) is 0 Å². The highest BCUT2D eigenvalue weighted by atomic mass is 19.1. The zero-order chi connectivity index (χ0) is 14.8. The molecule has 0 radical (unpaired) electrons. The Morgan fingerprint density at radius 2 is 2.05 bits per heavy atom. The van der Waals surface area contributed by atoms with E-state index < -0.39 is 11.6 Å². The van der Waals surface area contributed by atoms with E-state index >= 15 is 0 Å². The molecule has 0 aliphatic carbocycles. The van der Waals surface area contributed by atoms with Gasteiger partial charge in [-0.05, 0) is 42.7 Å². The van der Waals surface area contributed by atoms with Crippen LogP contribution in [-0.2, 0) is 13.0 Å². The molecular weight excluding hydrogens is 276 g/mol. The van der Waals surface area contributed by atoms with E-state index in [0.717, 1.165) is 30.2 Å². The number of anilines is 1. The summed E-state index contributed by atoms with van der Waals surface area (Å²) < 4.78 is 31.9. The van der Waals surface area contributed by atoms with Gasteiger partial charge >= 0.3 is 0 Å². The molecule has 5 heteroatoms. The molecule has 0 bridgehead atoms. The van der Waals surface area contributed by atoms with Gasteiger partial charge in [-0.1, -0.05) is 0 Å². The molecule has 110 valence electrons. The van der Waals surface area contributed by atoms with Crippen LogP contribution >= 0.6 is 0 Å². The third-order valence-electron chi connectivity index (χ3n) is 3.51. The lowest BCUT2D eigenvalue weighted by Gasteiger charge is -2.19. The quantitative estimate of drug-likeness (QED) is 0.907. The number of phenolic OH excluding ortho intramolecular Hbond substituents is 1. The first kappa shape index (κ1) is 13.7. The monoisotopic (exact) mass is 291 g/mol. The Bertz CT molecular complexity index is 674. The number of aryl methyl sites for hydroxylation is 1. The number of nitrogens with one attached hydrogen (secondary N) is 1. The molecule has 0 amide bonds. The van der Waals surface area contributed by atoms with E-state index in [1.54, 1.807) is 12.1 Å². The highest BCUT2D eigenvalue weighted by Gasteiger charge is 2.14. The Labute approximate surface area is 121 Å². The number of hydrogen-bond donors (Lipinski definition) is 2. The van der Waals surface area contributed by atoms with E-state index in [0.29, 0.717) is 12.2 Å². The lowest BCUT2D eigenvalue weighted by Crippen LogP contribution is -2.09. The van der Waals surface area contributed by atoms with Crippen LogP contribution in [0.4, 0.5) is 14.5 Å². The highest BCUT2D eigenvalue weighted by molar-refractivity contribution is 5.50. The van der Waals surface area contributed by atoms with Crippen molar-refractivity contribution in [1.82, 2.24) is 0 Å². The summed E-state index contributed by atoms with van der Waals surface area (Å²) in [6.45, 7) is 0.891. The topological polar surface area (TPSA) is 41.5 Å². The number of phenols is 1. The van der Waals surface area contributed by atoms with Crippen molar-refractivity contribution in [2.24, 2.45) is 0 Å². The van der Waals surface area contributed by atoms with Crippen molar-refractivity contribution in [1.29, 1.82) is 0 Å². The molecule has 3 rings (SSSR count). The van der Waals surface area contributed by atoms with E-state index in [-0.39, 0.29) is 18.0 Å². The standard InChI is InChI=1S/C16H15F2NO2/c17-12-3-4-14(13(18)8-12)19-9-11-7-16-10(6-15(11)20)2-1-5-21-16/h3-4,6-8,19-20H,1-2,5,9H2. The number of aromatic hydroxyl groups is 1. The van der Waals surface area contributed by atoms with Gasteiger partial charge in [0.15, 0.2) is 0 Å². The molecule has 0 unspecified atom stereocenters. The summed E-state index contributed by atoms with van der Waals surface area (Å²) in [4.78, 5) is 0. The Morgan fingerprint density at radius 3 is 2.86 bits per heavy atom. The van der Waals surface area contributed by atoms with E-state index in [1.807, 2.05) is 0 Å². The van der Waals surface area contributed by atoms with Gasteiger partial charge in [-0.2, -0.15) is 0 Å². The molecule has 2 N–H and O–H groups in total. The largest absolute Gasteiger partial charge is 0.508 e. The molecule has 3 nitrogen and oxygen atoms in total. The Hall–Kier alpha value is -2.30. The van der Waals surface area contributed by atoms with Crippen molar-refractivity contribution < 1.29 is 18.6 Å². The first-order chi connectivity index (χ1) is 10.1. The maximum Gasteiger partial charge on any atom is 0.149 e. The van der Waals surface area contributed by atoms with Gasteiger partial charge in [-0.25, -0.2) is 8.78 Å². The maximum atomic E-state index is 13.5. The Morgan fingerprint density at radius 1 is 1.19 bits per heavy atom. The molecular formula is C16H15F2NO2. The van der Waals surface area contributed by atoms with Crippen LogP contribution in [0.1, 0.15) is 17.5 Å². The molecule has 0 aromatic heterocycles. The molecule has 0 saturated carbocycles. The van der Waals surface area contributed by atoms with Gasteiger partial charge in [0, 0.05) is 18.2 Å². The summed E-state index contributed by atoms with van der Waals surface area (Å²) in [6.07, 6.45) is 1.81. The average Bonchev–Trinajstić information content (AvgIpc) is 2.46. The van der Waals surface area contributed by atoms with Crippen molar-refractivity contribution >= 4 is 5.69 Å². The molecule has 21 heavy (non-hydrogen) atoms. The van der Waals surface area contributed by atoms with Crippen LogP contribution in [-0.4, -0.2) is 11.7 Å². The fourth-order valence-electron chi connectivity index (χ4n) is 2.39. The van der Waals surface area contributed by atoms with Crippen LogP contribution in [0, 0.1) is 11.6 Å². The molecule has 2 aromatic carbocycles. The van der Waals surface area contributed by atoms with Crippen molar-refractivity contribution in [3.63, 3.8) is 0 Å². The van der Waals surface area contributed by atoms with Gasteiger partial charge in [-0.3, -0.25) is 0 Å². The van der Waals surface area contributed by atoms with Gasteiger partial charge < -0.3 is 15.2 Å². The zero-order valence-corrected chi connectivity index (χ0v) is 11.3. The van der Waals surface area contributed by atoms with Crippen molar-refractivity contribution in [3.8, 4) is 11.5 Å². The van der Waals surface area contributed by atoms with Crippen LogP contribution in [0.5, 0.6) is 11.5 Å². The zero-order valence-electron chi connectivity index (χ0n) is 11.3. The number of rotatable bonds is 3. The molecule has 1 aliphatic heterocycles. The minimum absolute atomic E-state index is 0.147. The number of hydrogen-bond acceptors (Lipinski definition) is 3. The lowest BCUT2D eigenvalue weighted by atomic mass is 10.0. The summed E-state index contributed by atoms with van der Waals surface area (Å²) in [5, 5.41) is 12.9. The molecule has 1 aliphatic rings. The van der Waals surface area contributed by atoms with Crippen molar-refractivity contribution in [2.45, 2.75) is 19.4 Å². The normalized spacial score (nSPS) is 13.4. The fourth-order valence-corrected chi connectivity index (χ4v) is 2.39. The predicted octanol–water partition coefficient (Wildman–Crippen LogP) is 3.61. The van der Waals surface area contributed by atoms with Crippen LogP contribution < -0.4 is 10.1 Å². The minimum atomic E-state index is -0.663. The molecule has 0 atom stereocenters. The third kappa shape index (κ3) is 2.91. The second kappa shape index (κ2) is 5.60. The maximum absolute atomic E-state index is 13.5. The van der Waals surface area contributed by atoms with Gasteiger partial charge in [0.25, 0.3) is 0 Å². The SMILES string of the molecule is Oc1cc2c(cc1CNc1ccc(F)cc1F)OCCC2. The van der Waals surface area contributed by atoms with Gasteiger partial charge in [-0.15, -0.1) is 0 Å². The molecule has 0 fully saturated rings. The summed E-state index contributed by atoms with van der Waals surface area (Å²) in [6, 6.07) is 6.78.